The smallest absolute Gasteiger partial charge is 0.243 e. The summed E-state index contributed by atoms with van der Waals surface area (Å²) in [5.74, 6) is 0.730. The van der Waals surface area contributed by atoms with Gasteiger partial charge in [-0.15, -0.1) is 0 Å². The Balaban J connectivity index is 1.36. The van der Waals surface area contributed by atoms with Gasteiger partial charge < -0.3 is 14.8 Å². The average molecular weight is 495 g/mol. The van der Waals surface area contributed by atoms with Crippen LogP contribution in [0.3, 0.4) is 0 Å². The third-order valence-corrected chi connectivity index (χ3v) is 7.99. The highest BCUT2D eigenvalue weighted by atomic mass is 32.2. The predicted octanol–water partition coefficient (Wildman–Crippen LogP) is 4.62. The molecule has 0 aliphatic carbocycles. The van der Waals surface area contributed by atoms with Crippen LogP contribution < -0.4 is 14.8 Å². The summed E-state index contributed by atoms with van der Waals surface area (Å²) < 4.78 is 38.8. The minimum atomic E-state index is -3.70. The van der Waals surface area contributed by atoms with Crippen molar-refractivity contribution in [3.63, 3.8) is 0 Å². The second kappa shape index (κ2) is 10.9. The van der Waals surface area contributed by atoms with Crippen molar-refractivity contribution in [1.82, 2.24) is 4.31 Å². The number of ether oxygens (including phenoxy) is 2. The van der Waals surface area contributed by atoms with E-state index in [2.05, 4.69) is 5.32 Å². The molecule has 8 heteroatoms. The second-order valence-electron chi connectivity index (χ2n) is 8.62. The van der Waals surface area contributed by atoms with E-state index in [0.717, 1.165) is 11.1 Å². The van der Waals surface area contributed by atoms with Crippen molar-refractivity contribution < 1.29 is 22.7 Å². The maximum absolute atomic E-state index is 13.2. The molecule has 3 aromatic carbocycles. The van der Waals surface area contributed by atoms with Crippen molar-refractivity contribution in [1.29, 1.82) is 0 Å². The summed E-state index contributed by atoms with van der Waals surface area (Å²) in [6, 6.07) is 21.9. The second-order valence-corrected chi connectivity index (χ2v) is 10.6. The number of nitrogens with zero attached hydrogens (tertiary/aromatic N) is 1. The van der Waals surface area contributed by atoms with Gasteiger partial charge in [0.1, 0.15) is 18.1 Å². The van der Waals surface area contributed by atoms with E-state index in [0.29, 0.717) is 43.2 Å². The van der Waals surface area contributed by atoms with E-state index in [1.165, 1.54) is 4.31 Å². The lowest BCUT2D eigenvalue weighted by atomic mass is 9.99. The van der Waals surface area contributed by atoms with Crippen LogP contribution in [0.2, 0.25) is 0 Å². The van der Waals surface area contributed by atoms with E-state index in [1.807, 2.05) is 49.4 Å². The Labute approximate surface area is 206 Å². The van der Waals surface area contributed by atoms with Gasteiger partial charge in [-0.2, -0.15) is 4.31 Å². The molecule has 1 aliphatic heterocycles. The van der Waals surface area contributed by atoms with Crippen molar-refractivity contribution in [2.24, 2.45) is 5.92 Å². The lowest BCUT2D eigenvalue weighted by Gasteiger charge is -2.31. The molecular weight excluding hydrogens is 464 g/mol. The fourth-order valence-electron chi connectivity index (χ4n) is 4.15. The standard InChI is InChI=1S/C27H30N2O5S/c1-20-17-25(14-15-26(20)33-2)35(31,32)29-16-6-9-22(18-29)27(30)28-23-10-12-24(13-11-23)34-19-21-7-4-3-5-8-21/h3-5,7-8,10-15,17,22H,6,9,16,18-19H2,1-2H3,(H,28,30). The molecule has 7 nitrogen and oxygen atoms in total. The number of hydrogen-bond acceptors (Lipinski definition) is 5. The van der Waals surface area contributed by atoms with Crippen molar-refractivity contribution in [3.8, 4) is 11.5 Å². The molecule has 0 aromatic heterocycles. The summed E-state index contributed by atoms with van der Waals surface area (Å²) in [6.07, 6.45) is 1.26. The molecule has 1 amide bonds. The van der Waals surface area contributed by atoms with Crippen molar-refractivity contribution >= 4 is 21.6 Å². The van der Waals surface area contributed by atoms with Crippen LogP contribution in [0, 0.1) is 12.8 Å². The Kier molecular flexibility index (Phi) is 7.73. The number of rotatable bonds is 8. The van der Waals surface area contributed by atoms with E-state index < -0.39 is 15.9 Å². The summed E-state index contributed by atoms with van der Waals surface area (Å²) >= 11 is 0. The largest absolute Gasteiger partial charge is 0.496 e. The van der Waals surface area contributed by atoms with Crippen LogP contribution in [0.25, 0.3) is 0 Å². The molecule has 0 bridgehead atoms. The predicted molar refractivity (Wildman–Crippen MR) is 135 cm³/mol. The van der Waals surface area contributed by atoms with E-state index in [4.69, 9.17) is 9.47 Å². The number of aryl methyl sites for hydroxylation is 1. The number of anilines is 1. The van der Waals surface area contributed by atoms with Crippen LogP contribution in [-0.4, -0.2) is 38.8 Å². The van der Waals surface area contributed by atoms with Gasteiger partial charge in [0.2, 0.25) is 15.9 Å². The first kappa shape index (κ1) is 24.8. The summed E-state index contributed by atoms with van der Waals surface area (Å²) in [5.41, 5.74) is 2.47. The molecular formula is C27H30N2O5S. The normalized spacial score (nSPS) is 16.5. The molecule has 1 fully saturated rings. The molecule has 1 heterocycles. The number of amides is 1. The van der Waals surface area contributed by atoms with Crippen molar-refractivity contribution in [3.05, 3.63) is 83.9 Å². The third kappa shape index (κ3) is 6.01. The molecule has 1 saturated heterocycles. The van der Waals surface area contributed by atoms with Gasteiger partial charge in [-0.1, -0.05) is 30.3 Å². The fourth-order valence-corrected chi connectivity index (χ4v) is 5.76. The van der Waals surface area contributed by atoms with Crippen LogP contribution in [0.15, 0.2) is 77.7 Å². The van der Waals surface area contributed by atoms with Gasteiger partial charge in [0, 0.05) is 18.8 Å². The van der Waals surface area contributed by atoms with Crippen LogP contribution in [-0.2, 0) is 21.4 Å². The van der Waals surface area contributed by atoms with E-state index >= 15 is 0 Å². The summed E-state index contributed by atoms with van der Waals surface area (Å²) in [5, 5.41) is 2.92. The molecule has 1 N–H and O–H groups in total. The molecule has 1 unspecified atom stereocenters. The molecule has 0 spiro atoms. The molecule has 3 aromatic rings. The van der Waals surface area contributed by atoms with Crippen LogP contribution >= 0.6 is 0 Å². The minimum absolute atomic E-state index is 0.150. The van der Waals surface area contributed by atoms with Crippen LogP contribution in [0.1, 0.15) is 24.0 Å². The lowest BCUT2D eigenvalue weighted by molar-refractivity contribution is -0.120. The Bertz CT molecular complexity index is 1260. The van der Waals surface area contributed by atoms with Crippen LogP contribution in [0.4, 0.5) is 5.69 Å². The van der Waals surface area contributed by atoms with Gasteiger partial charge in [0.05, 0.1) is 17.9 Å². The molecule has 1 atom stereocenters. The maximum Gasteiger partial charge on any atom is 0.243 e. The number of carbonyl (C=O) groups excluding carboxylic acids is 1. The SMILES string of the molecule is COc1ccc(S(=O)(=O)N2CCCC(C(=O)Nc3ccc(OCc4ccccc4)cc3)C2)cc1C. The molecule has 1 aliphatic rings. The first-order valence-electron chi connectivity index (χ1n) is 11.6. The lowest BCUT2D eigenvalue weighted by Crippen LogP contribution is -2.43. The van der Waals surface area contributed by atoms with Gasteiger partial charge >= 0.3 is 0 Å². The van der Waals surface area contributed by atoms with Crippen molar-refractivity contribution in [2.75, 3.05) is 25.5 Å². The number of carbonyl (C=O) groups is 1. The Morgan fingerprint density at radius 1 is 1.06 bits per heavy atom. The summed E-state index contributed by atoms with van der Waals surface area (Å²) in [6.45, 7) is 2.82. The monoisotopic (exact) mass is 494 g/mol. The van der Waals surface area contributed by atoms with Crippen molar-refractivity contribution in [2.45, 2.75) is 31.3 Å². The van der Waals surface area contributed by atoms with Gasteiger partial charge in [-0.05, 0) is 73.4 Å². The quantitative estimate of drug-likeness (QED) is 0.494. The number of sulfonamides is 1. The third-order valence-electron chi connectivity index (χ3n) is 6.13. The number of hydrogen-bond donors (Lipinski definition) is 1. The molecule has 35 heavy (non-hydrogen) atoms. The van der Waals surface area contributed by atoms with E-state index in [1.54, 1.807) is 37.4 Å². The zero-order valence-corrected chi connectivity index (χ0v) is 20.8. The number of nitrogens with one attached hydrogen (secondary N) is 1. The molecule has 4 rings (SSSR count). The first-order chi connectivity index (χ1) is 16.9. The Hall–Kier alpha value is -3.36. The molecule has 184 valence electrons. The van der Waals surface area contributed by atoms with Crippen LogP contribution in [0.5, 0.6) is 11.5 Å². The van der Waals surface area contributed by atoms with E-state index in [9.17, 15) is 13.2 Å². The zero-order chi connectivity index (χ0) is 24.8. The maximum atomic E-state index is 13.2. The zero-order valence-electron chi connectivity index (χ0n) is 19.9. The highest BCUT2D eigenvalue weighted by Crippen LogP contribution is 2.28. The van der Waals surface area contributed by atoms with Gasteiger partial charge in [-0.25, -0.2) is 8.42 Å². The summed E-state index contributed by atoms with van der Waals surface area (Å²) in [4.78, 5) is 13.1. The minimum Gasteiger partial charge on any atom is -0.496 e. The highest BCUT2D eigenvalue weighted by Gasteiger charge is 2.33. The highest BCUT2D eigenvalue weighted by molar-refractivity contribution is 7.89. The molecule has 0 saturated carbocycles. The average Bonchev–Trinajstić information content (AvgIpc) is 2.89. The molecule has 0 radical (unpaired) electrons. The number of piperidine rings is 1. The Morgan fingerprint density at radius 2 is 1.80 bits per heavy atom. The first-order valence-corrected chi connectivity index (χ1v) is 13.0. The van der Waals surface area contributed by atoms with E-state index in [-0.39, 0.29) is 17.3 Å². The number of benzene rings is 3. The topological polar surface area (TPSA) is 84.9 Å². The number of methoxy groups -OCH3 is 1. The summed E-state index contributed by atoms with van der Waals surface area (Å²) in [7, 11) is -2.15. The Morgan fingerprint density at radius 3 is 2.49 bits per heavy atom. The van der Waals surface area contributed by atoms with Gasteiger partial charge in [0.15, 0.2) is 0 Å². The fraction of sp³-hybridized carbons (Fsp3) is 0.296. The van der Waals surface area contributed by atoms with Gasteiger partial charge in [-0.3, -0.25) is 4.79 Å². The van der Waals surface area contributed by atoms with Gasteiger partial charge in [0.25, 0.3) is 0 Å².